The smallest absolute Gasteiger partial charge is 0.326 e. The van der Waals surface area contributed by atoms with Crippen molar-refractivity contribution in [2.75, 3.05) is 12.9 Å². The number of carboxylic acid groups (broad SMARTS) is 1. The molecule has 2 rings (SSSR count). The van der Waals surface area contributed by atoms with Crippen molar-refractivity contribution in [3.63, 3.8) is 0 Å². The molecule has 0 heterocycles. The van der Waals surface area contributed by atoms with E-state index < -0.39 is 39.2 Å². The number of nitrogens with one attached hydrogen (secondary N) is 1. The summed E-state index contributed by atoms with van der Waals surface area (Å²) in [4.78, 5) is 23.3. The normalized spacial score (nSPS) is 17.8. The molecule has 1 aromatic carbocycles. The molecule has 0 bridgehead atoms. The van der Waals surface area contributed by atoms with Crippen molar-refractivity contribution in [3.05, 3.63) is 35.9 Å². The van der Waals surface area contributed by atoms with E-state index in [4.69, 9.17) is 4.74 Å². The summed E-state index contributed by atoms with van der Waals surface area (Å²) in [6.07, 6.45) is 1.58. The summed E-state index contributed by atoms with van der Waals surface area (Å²) < 4.78 is 31.6. The minimum absolute atomic E-state index is 0.323. The van der Waals surface area contributed by atoms with Crippen molar-refractivity contribution >= 4 is 22.0 Å². The molecule has 1 saturated carbocycles. The molecule has 7 nitrogen and oxygen atoms in total. The fourth-order valence-electron chi connectivity index (χ4n) is 2.72. The zero-order chi connectivity index (χ0) is 17.1. The Kier molecular flexibility index (Phi) is 5.06. The number of ether oxygens (including phenoxy) is 1. The van der Waals surface area contributed by atoms with Gasteiger partial charge in [-0.05, 0) is 18.4 Å². The van der Waals surface area contributed by atoms with Crippen LogP contribution in [0.15, 0.2) is 30.3 Å². The van der Waals surface area contributed by atoms with Gasteiger partial charge in [-0.1, -0.05) is 36.8 Å². The SMILES string of the molecule is COC(=O)C1(CS(=O)(=O)N[C@H](C(=O)O)c2ccccc2)CCC1. The highest BCUT2D eigenvalue weighted by Crippen LogP contribution is 2.43. The lowest BCUT2D eigenvalue weighted by atomic mass is 9.70. The molecular weight excluding hydrogens is 322 g/mol. The van der Waals surface area contributed by atoms with Gasteiger partial charge in [0.1, 0.15) is 6.04 Å². The second-order valence-corrected chi connectivity index (χ2v) is 7.44. The molecule has 23 heavy (non-hydrogen) atoms. The van der Waals surface area contributed by atoms with Gasteiger partial charge in [0, 0.05) is 0 Å². The highest BCUT2D eigenvalue weighted by molar-refractivity contribution is 7.89. The number of sulfonamides is 1. The van der Waals surface area contributed by atoms with E-state index in [1.54, 1.807) is 18.2 Å². The van der Waals surface area contributed by atoms with Crippen molar-refractivity contribution in [2.45, 2.75) is 25.3 Å². The third-order valence-electron chi connectivity index (χ3n) is 4.07. The predicted molar refractivity (Wildman–Crippen MR) is 82.0 cm³/mol. The fourth-order valence-corrected chi connectivity index (χ4v) is 4.53. The van der Waals surface area contributed by atoms with Gasteiger partial charge >= 0.3 is 11.9 Å². The Hall–Kier alpha value is -1.93. The lowest BCUT2D eigenvalue weighted by Gasteiger charge is -2.38. The Morgan fingerprint density at radius 2 is 1.91 bits per heavy atom. The average Bonchev–Trinajstić information content (AvgIpc) is 2.48. The molecule has 0 saturated heterocycles. The maximum Gasteiger partial charge on any atom is 0.326 e. The second kappa shape index (κ2) is 6.67. The Balaban J connectivity index is 2.19. The van der Waals surface area contributed by atoms with Crippen molar-refractivity contribution < 1.29 is 27.9 Å². The molecule has 1 atom stereocenters. The van der Waals surface area contributed by atoms with E-state index in [0.29, 0.717) is 18.4 Å². The highest BCUT2D eigenvalue weighted by atomic mass is 32.2. The number of carbonyl (C=O) groups is 2. The first-order chi connectivity index (χ1) is 10.8. The lowest BCUT2D eigenvalue weighted by molar-refractivity contribution is -0.156. The molecule has 0 spiro atoms. The maximum atomic E-state index is 12.4. The van der Waals surface area contributed by atoms with Crippen LogP contribution in [0.3, 0.4) is 0 Å². The summed E-state index contributed by atoms with van der Waals surface area (Å²) >= 11 is 0. The van der Waals surface area contributed by atoms with Crippen molar-refractivity contribution in [3.8, 4) is 0 Å². The molecule has 1 fully saturated rings. The summed E-state index contributed by atoms with van der Waals surface area (Å²) in [6, 6.07) is 6.62. The van der Waals surface area contributed by atoms with Crippen LogP contribution in [-0.2, 0) is 24.3 Å². The maximum absolute atomic E-state index is 12.4. The van der Waals surface area contributed by atoms with Gasteiger partial charge in [-0.25, -0.2) is 8.42 Å². The summed E-state index contributed by atoms with van der Waals surface area (Å²) in [5.74, 6) is -2.34. The van der Waals surface area contributed by atoms with Gasteiger partial charge in [-0.3, -0.25) is 9.59 Å². The lowest BCUT2D eigenvalue weighted by Crippen LogP contribution is -2.48. The van der Waals surface area contributed by atoms with Crippen LogP contribution in [0.1, 0.15) is 30.9 Å². The first-order valence-corrected chi connectivity index (χ1v) is 8.81. The first kappa shape index (κ1) is 17.4. The zero-order valence-electron chi connectivity index (χ0n) is 12.7. The monoisotopic (exact) mass is 341 g/mol. The van der Waals surface area contributed by atoms with Gasteiger partial charge in [0.25, 0.3) is 0 Å². The molecule has 2 N–H and O–H groups in total. The van der Waals surface area contributed by atoms with Crippen molar-refractivity contribution in [1.82, 2.24) is 4.72 Å². The number of aliphatic carboxylic acids is 1. The predicted octanol–water partition coefficient (Wildman–Crippen LogP) is 1.08. The summed E-state index contributed by atoms with van der Waals surface area (Å²) in [5, 5.41) is 9.30. The summed E-state index contributed by atoms with van der Waals surface area (Å²) in [5.41, 5.74) is -0.746. The van der Waals surface area contributed by atoms with E-state index in [1.165, 1.54) is 19.2 Å². The number of methoxy groups -OCH3 is 1. The van der Waals surface area contributed by atoms with Crippen LogP contribution in [0, 0.1) is 5.41 Å². The van der Waals surface area contributed by atoms with E-state index in [2.05, 4.69) is 4.72 Å². The van der Waals surface area contributed by atoms with E-state index in [1.807, 2.05) is 0 Å². The molecule has 126 valence electrons. The van der Waals surface area contributed by atoms with E-state index >= 15 is 0 Å². The Morgan fingerprint density at radius 3 is 2.35 bits per heavy atom. The number of hydrogen-bond donors (Lipinski definition) is 2. The van der Waals surface area contributed by atoms with Crippen molar-refractivity contribution in [1.29, 1.82) is 0 Å². The molecule has 0 amide bonds. The number of rotatable bonds is 7. The van der Waals surface area contributed by atoms with Crippen LogP contribution in [-0.4, -0.2) is 38.3 Å². The van der Waals surface area contributed by atoms with Crippen LogP contribution < -0.4 is 4.72 Å². The second-order valence-electron chi connectivity index (χ2n) is 5.68. The van der Waals surface area contributed by atoms with Gasteiger partial charge in [0.05, 0.1) is 18.3 Å². The van der Waals surface area contributed by atoms with Crippen LogP contribution in [0.4, 0.5) is 0 Å². The summed E-state index contributed by atoms with van der Waals surface area (Å²) in [7, 11) is -2.76. The topological polar surface area (TPSA) is 110 Å². The van der Waals surface area contributed by atoms with Gasteiger partial charge in [-0.2, -0.15) is 4.72 Å². The molecule has 0 unspecified atom stereocenters. The minimum Gasteiger partial charge on any atom is -0.480 e. The largest absolute Gasteiger partial charge is 0.480 e. The Labute approximate surface area is 134 Å². The molecule has 8 heteroatoms. The fraction of sp³-hybridized carbons (Fsp3) is 0.467. The van der Waals surface area contributed by atoms with E-state index in [0.717, 1.165) is 6.42 Å². The average molecular weight is 341 g/mol. The Morgan fingerprint density at radius 1 is 1.30 bits per heavy atom. The standard InChI is InChI=1S/C15H19NO6S/c1-22-14(19)15(8-5-9-15)10-23(20,21)16-12(13(17)18)11-6-3-2-4-7-11/h2-4,6-7,12,16H,5,8-10H2,1H3,(H,17,18)/t12-/m0/s1. The number of esters is 1. The van der Waals surface area contributed by atoms with Gasteiger partial charge in [-0.15, -0.1) is 0 Å². The Bertz CT molecular complexity index is 681. The quantitative estimate of drug-likeness (QED) is 0.718. The van der Waals surface area contributed by atoms with Crippen LogP contribution in [0.5, 0.6) is 0 Å². The molecular formula is C15H19NO6S. The minimum atomic E-state index is -3.98. The molecule has 1 aliphatic carbocycles. The van der Waals surface area contributed by atoms with E-state index in [-0.39, 0.29) is 0 Å². The third-order valence-corrected chi connectivity index (χ3v) is 5.60. The number of carbonyl (C=O) groups excluding carboxylic acids is 1. The molecule has 0 aliphatic heterocycles. The van der Waals surface area contributed by atoms with Crippen LogP contribution in [0.2, 0.25) is 0 Å². The third kappa shape index (κ3) is 3.89. The van der Waals surface area contributed by atoms with E-state index in [9.17, 15) is 23.1 Å². The van der Waals surface area contributed by atoms with Crippen LogP contribution >= 0.6 is 0 Å². The molecule has 0 radical (unpaired) electrons. The highest BCUT2D eigenvalue weighted by Gasteiger charge is 2.49. The summed E-state index contributed by atoms with van der Waals surface area (Å²) in [6.45, 7) is 0. The number of hydrogen-bond acceptors (Lipinski definition) is 5. The molecule has 1 aliphatic rings. The van der Waals surface area contributed by atoms with Crippen LogP contribution in [0.25, 0.3) is 0 Å². The van der Waals surface area contributed by atoms with Gasteiger partial charge in [0.2, 0.25) is 10.0 Å². The zero-order valence-corrected chi connectivity index (χ0v) is 13.5. The number of benzene rings is 1. The van der Waals surface area contributed by atoms with Gasteiger partial charge in [0.15, 0.2) is 0 Å². The first-order valence-electron chi connectivity index (χ1n) is 7.16. The number of carboxylic acids is 1. The molecule has 1 aromatic rings. The van der Waals surface area contributed by atoms with Gasteiger partial charge < -0.3 is 9.84 Å². The molecule has 0 aromatic heterocycles. The van der Waals surface area contributed by atoms with Crippen molar-refractivity contribution in [2.24, 2.45) is 5.41 Å².